The number of hydrogen-bond acceptors (Lipinski definition) is 2. The van der Waals surface area contributed by atoms with E-state index in [1.807, 2.05) is 6.08 Å². The van der Waals surface area contributed by atoms with Gasteiger partial charge in [0.1, 0.15) is 0 Å². The summed E-state index contributed by atoms with van der Waals surface area (Å²) in [7, 11) is 0. The van der Waals surface area contributed by atoms with Crippen molar-refractivity contribution in [2.45, 2.75) is 90.9 Å². The fourth-order valence-electron chi connectivity index (χ4n) is 2.45. The van der Waals surface area contributed by atoms with E-state index in [1.54, 1.807) is 0 Å². The molecule has 0 amide bonds. The summed E-state index contributed by atoms with van der Waals surface area (Å²) in [5.41, 5.74) is 0. The Bertz CT molecular complexity index is 248. The molecule has 0 N–H and O–H groups in total. The second-order valence-electron chi connectivity index (χ2n) is 6.05. The topological polar surface area (TPSA) is 26.3 Å². The van der Waals surface area contributed by atoms with Crippen molar-refractivity contribution in [2.75, 3.05) is 6.61 Å². The minimum Gasteiger partial charge on any atom is -0.465 e. The quantitative estimate of drug-likeness (QED) is 0.209. The van der Waals surface area contributed by atoms with Gasteiger partial charge in [0.15, 0.2) is 0 Å². The van der Waals surface area contributed by atoms with Crippen LogP contribution in [0, 0.1) is 5.92 Å². The number of unbranched alkanes of at least 4 members (excludes halogenated alkanes) is 7. The van der Waals surface area contributed by atoms with E-state index in [9.17, 15) is 4.79 Å². The Labute approximate surface area is 132 Å². The molecule has 0 aliphatic rings. The number of hydrogen-bond donors (Lipinski definition) is 0. The number of carbonyl (C=O) groups is 1. The molecule has 124 valence electrons. The summed E-state index contributed by atoms with van der Waals surface area (Å²) in [6.07, 6.45) is 15.6. The van der Waals surface area contributed by atoms with E-state index in [0.29, 0.717) is 18.9 Å². The summed E-state index contributed by atoms with van der Waals surface area (Å²) in [5, 5.41) is 0. The van der Waals surface area contributed by atoms with Crippen molar-refractivity contribution < 1.29 is 9.53 Å². The zero-order valence-corrected chi connectivity index (χ0v) is 14.4. The number of ether oxygens (including phenoxy) is 1. The van der Waals surface area contributed by atoms with Gasteiger partial charge in [-0.25, -0.2) is 0 Å². The lowest BCUT2D eigenvalue weighted by Crippen LogP contribution is -2.13. The molecule has 0 saturated heterocycles. The average molecular weight is 296 g/mol. The summed E-state index contributed by atoms with van der Waals surface area (Å²) < 4.78 is 5.40. The molecule has 0 radical (unpaired) electrons. The molecule has 2 nitrogen and oxygen atoms in total. The first kappa shape index (κ1) is 20.2. The predicted octanol–water partition coefficient (Wildman–Crippen LogP) is 6.05. The summed E-state index contributed by atoms with van der Waals surface area (Å²) in [6.45, 7) is 8.74. The fourth-order valence-corrected chi connectivity index (χ4v) is 2.45. The zero-order valence-electron chi connectivity index (χ0n) is 14.4. The van der Waals surface area contributed by atoms with E-state index < -0.39 is 0 Å². The Hall–Kier alpha value is -0.790. The van der Waals surface area contributed by atoms with E-state index in [1.165, 1.54) is 44.9 Å². The highest BCUT2D eigenvalue weighted by atomic mass is 16.5. The van der Waals surface area contributed by atoms with Gasteiger partial charge >= 0.3 is 5.97 Å². The Balaban J connectivity index is 3.42. The molecule has 0 aliphatic heterocycles. The SMILES string of the molecule is C=CCCCCCCCCC(=O)OCC(CC)CCCC. The van der Waals surface area contributed by atoms with Gasteiger partial charge in [-0.3, -0.25) is 4.79 Å². The molecule has 1 atom stereocenters. The van der Waals surface area contributed by atoms with E-state index in [-0.39, 0.29) is 5.97 Å². The van der Waals surface area contributed by atoms with Crippen molar-refractivity contribution in [1.82, 2.24) is 0 Å². The van der Waals surface area contributed by atoms with Crippen LogP contribution in [0.4, 0.5) is 0 Å². The van der Waals surface area contributed by atoms with E-state index in [0.717, 1.165) is 25.7 Å². The van der Waals surface area contributed by atoms with E-state index in [4.69, 9.17) is 4.74 Å². The molecular formula is C19H36O2. The lowest BCUT2D eigenvalue weighted by molar-refractivity contribution is -0.145. The first-order chi connectivity index (χ1) is 10.2. The summed E-state index contributed by atoms with van der Waals surface area (Å²) in [5.74, 6) is 0.551. The van der Waals surface area contributed by atoms with Crippen LogP contribution < -0.4 is 0 Å². The van der Waals surface area contributed by atoms with Crippen LogP contribution in [-0.4, -0.2) is 12.6 Å². The van der Waals surface area contributed by atoms with Gasteiger partial charge in [-0.15, -0.1) is 6.58 Å². The Morgan fingerprint density at radius 2 is 1.71 bits per heavy atom. The molecular weight excluding hydrogens is 260 g/mol. The van der Waals surface area contributed by atoms with Crippen LogP contribution in [0.15, 0.2) is 12.7 Å². The molecule has 0 rings (SSSR count). The lowest BCUT2D eigenvalue weighted by atomic mass is 10.0. The van der Waals surface area contributed by atoms with Gasteiger partial charge in [0, 0.05) is 6.42 Å². The average Bonchev–Trinajstić information content (AvgIpc) is 2.50. The maximum absolute atomic E-state index is 11.7. The molecule has 0 heterocycles. The third-order valence-corrected chi connectivity index (χ3v) is 4.06. The number of allylic oxidation sites excluding steroid dienone is 1. The van der Waals surface area contributed by atoms with Gasteiger partial charge in [-0.1, -0.05) is 64.9 Å². The van der Waals surface area contributed by atoms with Crippen molar-refractivity contribution in [3.8, 4) is 0 Å². The lowest BCUT2D eigenvalue weighted by Gasteiger charge is -2.14. The molecule has 1 unspecified atom stereocenters. The maximum atomic E-state index is 11.7. The van der Waals surface area contributed by atoms with Crippen molar-refractivity contribution in [3.63, 3.8) is 0 Å². The van der Waals surface area contributed by atoms with Crippen LogP contribution in [-0.2, 0) is 9.53 Å². The summed E-state index contributed by atoms with van der Waals surface area (Å²) in [4.78, 5) is 11.7. The molecule has 0 spiro atoms. The highest BCUT2D eigenvalue weighted by Gasteiger charge is 2.09. The van der Waals surface area contributed by atoms with Crippen LogP contribution in [0.3, 0.4) is 0 Å². The Kier molecular flexibility index (Phi) is 15.0. The highest BCUT2D eigenvalue weighted by Crippen LogP contribution is 2.14. The predicted molar refractivity (Wildman–Crippen MR) is 91.4 cm³/mol. The minimum absolute atomic E-state index is 0.00314. The largest absolute Gasteiger partial charge is 0.465 e. The summed E-state index contributed by atoms with van der Waals surface area (Å²) in [6, 6.07) is 0. The van der Waals surface area contributed by atoms with E-state index in [2.05, 4.69) is 20.4 Å². The van der Waals surface area contributed by atoms with Crippen LogP contribution >= 0.6 is 0 Å². The van der Waals surface area contributed by atoms with Gasteiger partial charge in [0.2, 0.25) is 0 Å². The standard InChI is InChI=1S/C19H36O2/c1-4-7-9-10-11-12-13-14-16-19(20)21-17-18(6-3)15-8-5-2/h4,18H,1,5-17H2,2-3H3. The molecule has 0 fully saturated rings. The van der Waals surface area contributed by atoms with Gasteiger partial charge in [0.05, 0.1) is 6.61 Å². The Morgan fingerprint density at radius 1 is 1.05 bits per heavy atom. The van der Waals surface area contributed by atoms with Crippen molar-refractivity contribution >= 4 is 5.97 Å². The molecule has 21 heavy (non-hydrogen) atoms. The normalized spacial score (nSPS) is 12.1. The molecule has 0 aromatic carbocycles. The first-order valence-electron chi connectivity index (χ1n) is 9.01. The first-order valence-corrected chi connectivity index (χ1v) is 9.01. The molecule has 0 aromatic heterocycles. The summed E-state index contributed by atoms with van der Waals surface area (Å²) >= 11 is 0. The van der Waals surface area contributed by atoms with E-state index >= 15 is 0 Å². The van der Waals surface area contributed by atoms with Gasteiger partial charge in [0.25, 0.3) is 0 Å². The fraction of sp³-hybridized carbons (Fsp3) is 0.842. The molecule has 0 aromatic rings. The molecule has 0 aliphatic carbocycles. The minimum atomic E-state index is -0.00314. The van der Waals surface area contributed by atoms with Crippen molar-refractivity contribution in [2.24, 2.45) is 5.92 Å². The second kappa shape index (κ2) is 15.6. The molecule has 0 bridgehead atoms. The van der Waals surface area contributed by atoms with Gasteiger partial charge in [-0.05, 0) is 31.6 Å². The smallest absolute Gasteiger partial charge is 0.305 e. The maximum Gasteiger partial charge on any atom is 0.305 e. The second-order valence-corrected chi connectivity index (χ2v) is 6.05. The van der Waals surface area contributed by atoms with Crippen LogP contribution in [0.25, 0.3) is 0 Å². The monoisotopic (exact) mass is 296 g/mol. The Morgan fingerprint density at radius 3 is 2.33 bits per heavy atom. The van der Waals surface area contributed by atoms with Gasteiger partial charge < -0.3 is 4.74 Å². The van der Waals surface area contributed by atoms with Crippen LogP contribution in [0.2, 0.25) is 0 Å². The third kappa shape index (κ3) is 13.9. The number of rotatable bonds is 15. The third-order valence-electron chi connectivity index (χ3n) is 4.06. The number of esters is 1. The molecule has 0 saturated carbocycles. The molecule has 2 heteroatoms. The zero-order chi connectivity index (χ0) is 15.8. The van der Waals surface area contributed by atoms with Crippen LogP contribution in [0.5, 0.6) is 0 Å². The van der Waals surface area contributed by atoms with Crippen LogP contribution in [0.1, 0.15) is 90.9 Å². The van der Waals surface area contributed by atoms with Gasteiger partial charge in [-0.2, -0.15) is 0 Å². The number of carbonyl (C=O) groups excluding carboxylic acids is 1. The van der Waals surface area contributed by atoms with Crippen molar-refractivity contribution in [3.05, 3.63) is 12.7 Å². The van der Waals surface area contributed by atoms with Crippen molar-refractivity contribution in [1.29, 1.82) is 0 Å². The highest BCUT2D eigenvalue weighted by molar-refractivity contribution is 5.69.